The summed E-state index contributed by atoms with van der Waals surface area (Å²) in [4.78, 5) is 26.4. The molecule has 0 radical (unpaired) electrons. The molecule has 1 atom stereocenters. The number of benzene rings is 1. The van der Waals surface area contributed by atoms with E-state index in [4.69, 9.17) is 0 Å². The van der Waals surface area contributed by atoms with E-state index in [1.165, 1.54) is 13.1 Å². The Balaban J connectivity index is 1.90. The molecule has 0 bridgehead atoms. The standard InChI is InChI=1S/C20H32N4O4S/c1-4-6-19(25)22-12-16-7-5-10-24(13-16)14-20(26)23-17-9-8-15(2)18(11-17)29(27,28)21-3/h8-9,11,16,21H,4-7,10,12-14H2,1-3H3,(H,22,25)(H,23,26). The van der Waals surface area contributed by atoms with Crippen LogP contribution in [0, 0.1) is 12.8 Å². The molecule has 2 rings (SSSR count). The molecular formula is C20H32N4O4S. The molecule has 3 N–H and O–H groups in total. The van der Waals surface area contributed by atoms with Gasteiger partial charge in [-0.05, 0) is 63.4 Å². The molecule has 2 amide bonds. The number of anilines is 1. The third-order valence-electron chi connectivity index (χ3n) is 5.07. The third kappa shape index (κ3) is 7.09. The summed E-state index contributed by atoms with van der Waals surface area (Å²) in [6.07, 6.45) is 3.39. The largest absolute Gasteiger partial charge is 0.356 e. The molecule has 1 aliphatic rings. The fourth-order valence-electron chi connectivity index (χ4n) is 3.52. The van der Waals surface area contributed by atoms with Crippen molar-refractivity contribution in [2.45, 2.75) is 44.4 Å². The first kappa shape index (κ1) is 23.3. The highest BCUT2D eigenvalue weighted by molar-refractivity contribution is 7.89. The van der Waals surface area contributed by atoms with Crippen LogP contribution in [0.4, 0.5) is 5.69 Å². The van der Waals surface area contributed by atoms with E-state index in [2.05, 4.69) is 20.3 Å². The van der Waals surface area contributed by atoms with Gasteiger partial charge in [-0.2, -0.15) is 0 Å². The summed E-state index contributed by atoms with van der Waals surface area (Å²) < 4.78 is 26.5. The average molecular weight is 425 g/mol. The van der Waals surface area contributed by atoms with Crippen molar-refractivity contribution in [2.75, 3.05) is 38.5 Å². The van der Waals surface area contributed by atoms with E-state index in [1.807, 2.05) is 6.92 Å². The number of amides is 2. The molecule has 29 heavy (non-hydrogen) atoms. The minimum atomic E-state index is -3.59. The zero-order chi connectivity index (χ0) is 21.4. The molecule has 0 spiro atoms. The lowest BCUT2D eigenvalue weighted by molar-refractivity contribution is -0.121. The Morgan fingerprint density at radius 1 is 1.24 bits per heavy atom. The second kappa shape index (κ2) is 10.7. The summed E-state index contributed by atoms with van der Waals surface area (Å²) in [5, 5.41) is 5.76. The van der Waals surface area contributed by atoms with Gasteiger partial charge in [0, 0.05) is 25.2 Å². The predicted molar refractivity (Wildman–Crippen MR) is 113 cm³/mol. The number of aryl methyl sites for hydroxylation is 1. The van der Waals surface area contributed by atoms with Crippen LogP contribution in [0.25, 0.3) is 0 Å². The number of hydrogen-bond donors (Lipinski definition) is 3. The number of nitrogens with one attached hydrogen (secondary N) is 3. The molecule has 8 nitrogen and oxygen atoms in total. The smallest absolute Gasteiger partial charge is 0.240 e. The van der Waals surface area contributed by atoms with Crippen molar-refractivity contribution in [3.05, 3.63) is 23.8 Å². The molecule has 1 aromatic carbocycles. The van der Waals surface area contributed by atoms with E-state index < -0.39 is 10.0 Å². The number of sulfonamides is 1. The van der Waals surface area contributed by atoms with E-state index >= 15 is 0 Å². The zero-order valence-electron chi connectivity index (χ0n) is 17.5. The Kier molecular flexibility index (Phi) is 8.60. The zero-order valence-corrected chi connectivity index (χ0v) is 18.3. The van der Waals surface area contributed by atoms with Gasteiger partial charge in [-0.25, -0.2) is 13.1 Å². The molecule has 0 aliphatic carbocycles. The second-order valence-electron chi connectivity index (χ2n) is 7.53. The predicted octanol–water partition coefficient (Wildman–Crippen LogP) is 1.47. The van der Waals surface area contributed by atoms with Crippen molar-refractivity contribution in [3.8, 4) is 0 Å². The van der Waals surface area contributed by atoms with Crippen molar-refractivity contribution in [1.29, 1.82) is 0 Å². The van der Waals surface area contributed by atoms with E-state index in [9.17, 15) is 18.0 Å². The molecule has 1 aromatic rings. The topological polar surface area (TPSA) is 108 Å². The van der Waals surface area contributed by atoms with Crippen molar-refractivity contribution in [1.82, 2.24) is 14.9 Å². The van der Waals surface area contributed by atoms with Gasteiger partial charge in [-0.1, -0.05) is 13.0 Å². The summed E-state index contributed by atoms with van der Waals surface area (Å²) in [6.45, 7) is 6.16. The number of hydrogen-bond acceptors (Lipinski definition) is 5. The number of nitrogens with zero attached hydrogens (tertiary/aromatic N) is 1. The van der Waals surface area contributed by atoms with Crippen LogP contribution in [0.5, 0.6) is 0 Å². The van der Waals surface area contributed by atoms with Crippen LogP contribution in [0.3, 0.4) is 0 Å². The minimum absolute atomic E-state index is 0.0778. The lowest BCUT2D eigenvalue weighted by Crippen LogP contribution is -2.43. The van der Waals surface area contributed by atoms with Gasteiger partial charge in [0.2, 0.25) is 21.8 Å². The first-order valence-electron chi connectivity index (χ1n) is 10.1. The van der Waals surface area contributed by atoms with Crippen molar-refractivity contribution in [3.63, 3.8) is 0 Å². The lowest BCUT2D eigenvalue weighted by Gasteiger charge is -2.32. The second-order valence-corrected chi connectivity index (χ2v) is 9.39. The van der Waals surface area contributed by atoms with Crippen molar-refractivity contribution >= 4 is 27.5 Å². The van der Waals surface area contributed by atoms with E-state index in [1.54, 1.807) is 19.1 Å². The number of rotatable bonds is 9. The van der Waals surface area contributed by atoms with E-state index in [-0.39, 0.29) is 23.3 Å². The van der Waals surface area contributed by atoms with E-state index in [0.717, 1.165) is 32.4 Å². The molecule has 0 saturated carbocycles. The molecule has 162 valence electrons. The van der Waals surface area contributed by atoms with Crippen LogP contribution in [0.2, 0.25) is 0 Å². The number of carbonyl (C=O) groups excluding carboxylic acids is 2. The summed E-state index contributed by atoms with van der Waals surface area (Å²) in [5.41, 5.74) is 1.07. The Morgan fingerprint density at radius 3 is 2.69 bits per heavy atom. The number of likely N-dealkylation sites (tertiary alicyclic amines) is 1. The highest BCUT2D eigenvalue weighted by Gasteiger charge is 2.22. The molecular weight excluding hydrogens is 392 g/mol. The van der Waals surface area contributed by atoms with Gasteiger partial charge in [0.15, 0.2) is 0 Å². The first-order valence-corrected chi connectivity index (χ1v) is 11.6. The molecule has 1 saturated heterocycles. The molecule has 1 unspecified atom stereocenters. The van der Waals surface area contributed by atoms with Crippen LogP contribution in [-0.2, 0) is 19.6 Å². The Hall–Kier alpha value is -1.97. The average Bonchev–Trinajstić information content (AvgIpc) is 2.68. The Morgan fingerprint density at radius 2 is 2.00 bits per heavy atom. The quantitative estimate of drug-likeness (QED) is 0.556. The van der Waals surface area contributed by atoms with Gasteiger partial charge in [-0.15, -0.1) is 0 Å². The van der Waals surface area contributed by atoms with Gasteiger partial charge >= 0.3 is 0 Å². The molecule has 1 heterocycles. The van der Waals surface area contributed by atoms with Crippen LogP contribution >= 0.6 is 0 Å². The maximum absolute atomic E-state index is 12.5. The molecule has 9 heteroatoms. The van der Waals surface area contributed by atoms with Crippen molar-refractivity contribution < 1.29 is 18.0 Å². The lowest BCUT2D eigenvalue weighted by atomic mass is 9.98. The monoisotopic (exact) mass is 424 g/mol. The highest BCUT2D eigenvalue weighted by Crippen LogP contribution is 2.20. The summed E-state index contributed by atoms with van der Waals surface area (Å²) >= 11 is 0. The maximum Gasteiger partial charge on any atom is 0.240 e. The van der Waals surface area contributed by atoms with Gasteiger partial charge < -0.3 is 10.6 Å². The van der Waals surface area contributed by atoms with Crippen LogP contribution in [0.15, 0.2) is 23.1 Å². The van der Waals surface area contributed by atoms with Crippen LogP contribution < -0.4 is 15.4 Å². The van der Waals surface area contributed by atoms with E-state index in [0.29, 0.717) is 30.1 Å². The summed E-state index contributed by atoms with van der Waals surface area (Å²) in [7, 11) is -2.23. The van der Waals surface area contributed by atoms with Crippen LogP contribution in [-0.4, -0.2) is 58.4 Å². The van der Waals surface area contributed by atoms with Gasteiger partial charge in [0.1, 0.15) is 0 Å². The molecule has 1 aliphatic heterocycles. The minimum Gasteiger partial charge on any atom is -0.356 e. The molecule has 0 aromatic heterocycles. The normalized spacial score (nSPS) is 17.7. The highest BCUT2D eigenvalue weighted by atomic mass is 32.2. The van der Waals surface area contributed by atoms with Crippen LogP contribution in [0.1, 0.15) is 38.2 Å². The fourth-order valence-corrected chi connectivity index (χ4v) is 4.51. The van der Waals surface area contributed by atoms with Gasteiger partial charge in [0.25, 0.3) is 0 Å². The van der Waals surface area contributed by atoms with Crippen molar-refractivity contribution in [2.24, 2.45) is 5.92 Å². The first-order chi connectivity index (χ1) is 13.7. The summed E-state index contributed by atoms with van der Waals surface area (Å²) in [6, 6.07) is 4.85. The fraction of sp³-hybridized carbons (Fsp3) is 0.600. The number of piperidine rings is 1. The maximum atomic E-state index is 12.5. The summed E-state index contributed by atoms with van der Waals surface area (Å²) in [5.74, 6) is 0.232. The Bertz CT molecular complexity index is 826. The Labute approximate surface area is 173 Å². The van der Waals surface area contributed by atoms with Gasteiger partial charge in [0.05, 0.1) is 11.4 Å². The SMILES string of the molecule is CCCC(=O)NCC1CCCN(CC(=O)Nc2ccc(C)c(S(=O)(=O)NC)c2)C1. The number of carbonyl (C=O) groups is 2. The third-order valence-corrected chi connectivity index (χ3v) is 6.62. The molecule has 1 fully saturated rings. The van der Waals surface area contributed by atoms with Gasteiger partial charge in [-0.3, -0.25) is 14.5 Å².